The van der Waals surface area contributed by atoms with Gasteiger partial charge in [0, 0.05) is 5.56 Å². The van der Waals surface area contributed by atoms with Crippen LogP contribution in [0, 0.1) is 12.8 Å². The number of ether oxygens (including phenoxy) is 2. The van der Waals surface area contributed by atoms with Gasteiger partial charge in [0.15, 0.2) is 5.78 Å². The Morgan fingerprint density at radius 2 is 2.00 bits per heavy atom. The van der Waals surface area contributed by atoms with Crippen LogP contribution < -0.4 is 10.1 Å². The second-order valence-corrected chi connectivity index (χ2v) is 8.66. The second-order valence-electron chi connectivity index (χ2n) is 8.27. The summed E-state index contributed by atoms with van der Waals surface area (Å²) in [6, 6.07) is 14.3. The minimum absolute atomic E-state index is 0.00929. The summed E-state index contributed by atoms with van der Waals surface area (Å²) in [7, 11) is 1.34. The van der Waals surface area contributed by atoms with E-state index in [-0.39, 0.29) is 11.8 Å². The van der Waals surface area contributed by atoms with E-state index in [1.165, 1.54) is 7.11 Å². The van der Waals surface area contributed by atoms with Crippen LogP contribution in [0.4, 0.5) is 5.69 Å². The second kappa shape index (κ2) is 9.24. The molecule has 2 aromatic carbocycles. The SMILES string of the molecule is COC(=O)c1cccc(C2Oc3c(cc(C)cc3[C@@H](C)Nc3ccc(Cl)nc3)C(=O)C2C)c1. The molecule has 0 bridgehead atoms. The first-order valence-electron chi connectivity index (χ1n) is 10.7. The van der Waals surface area contributed by atoms with Gasteiger partial charge in [0.25, 0.3) is 0 Å². The summed E-state index contributed by atoms with van der Waals surface area (Å²) >= 11 is 5.90. The number of methoxy groups -OCH3 is 1. The van der Waals surface area contributed by atoms with Gasteiger partial charge in [-0.15, -0.1) is 0 Å². The Kier molecular flexibility index (Phi) is 6.38. The number of benzene rings is 2. The fraction of sp³-hybridized carbons (Fsp3) is 0.269. The molecule has 0 fully saturated rings. The number of halogens is 1. The van der Waals surface area contributed by atoms with Crippen molar-refractivity contribution in [2.75, 3.05) is 12.4 Å². The van der Waals surface area contributed by atoms with E-state index in [9.17, 15) is 9.59 Å². The molecule has 0 aliphatic carbocycles. The summed E-state index contributed by atoms with van der Waals surface area (Å²) in [4.78, 5) is 29.5. The van der Waals surface area contributed by atoms with Crippen LogP contribution in [0.2, 0.25) is 5.15 Å². The maximum atomic E-state index is 13.4. The number of aryl methyl sites for hydroxylation is 1. The van der Waals surface area contributed by atoms with Crippen LogP contribution >= 0.6 is 11.6 Å². The molecule has 2 heterocycles. The third-order valence-electron chi connectivity index (χ3n) is 5.85. The Morgan fingerprint density at radius 3 is 2.70 bits per heavy atom. The van der Waals surface area contributed by atoms with Crippen molar-refractivity contribution in [3.05, 3.63) is 87.7 Å². The molecule has 33 heavy (non-hydrogen) atoms. The van der Waals surface area contributed by atoms with Crippen molar-refractivity contribution in [1.29, 1.82) is 0 Å². The lowest BCUT2D eigenvalue weighted by Crippen LogP contribution is -2.31. The van der Waals surface area contributed by atoms with E-state index < -0.39 is 18.0 Å². The van der Waals surface area contributed by atoms with Crippen molar-refractivity contribution in [3.8, 4) is 5.75 Å². The number of aromatic nitrogens is 1. The predicted molar refractivity (Wildman–Crippen MR) is 127 cm³/mol. The number of anilines is 1. The van der Waals surface area contributed by atoms with Gasteiger partial charge in [-0.25, -0.2) is 9.78 Å². The highest BCUT2D eigenvalue weighted by Crippen LogP contribution is 2.43. The molecule has 3 atom stereocenters. The number of nitrogens with one attached hydrogen (secondary N) is 1. The molecule has 0 spiro atoms. The quantitative estimate of drug-likeness (QED) is 0.371. The minimum atomic E-state index is -0.527. The fourth-order valence-corrected chi connectivity index (χ4v) is 4.27. The number of hydrogen-bond donors (Lipinski definition) is 1. The average Bonchev–Trinajstić information content (AvgIpc) is 2.82. The van der Waals surface area contributed by atoms with E-state index in [2.05, 4.69) is 10.3 Å². The molecule has 0 radical (unpaired) electrons. The largest absolute Gasteiger partial charge is 0.484 e. The number of pyridine rings is 1. The van der Waals surface area contributed by atoms with Gasteiger partial charge in [-0.2, -0.15) is 0 Å². The number of hydrogen-bond acceptors (Lipinski definition) is 6. The van der Waals surface area contributed by atoms with Crippen LogP contribution in [-0.2, 0) is 4.74 Å². The van der Waals surface area contributed by atoms with E-state index >= 15 is 0 Å². The van der Waals surface area contributed by atoms with Crippen molar-refractivity contribution < 1.29 is 19.1 Å². The Labute approximate surface area is 197 Å². The van der Waals surface area contributed by atoms with Gasteiger partial charge in [-0.1, -0.05) is 36.7 Å². The third kappa shape index (κ3) is 4.57. The molecule has 1 N–H and O–H groups in total. The van der Waals surface area contributed by atoms with Gasteiger partial charge in [0.05, 0.1) is 42.1 Å². The van der Waals surface area contributed by atoms with Crippen molar-refractivity contribution in [2.45, 2.75) is 32.9 Å². The topological polar surface area (TPSA) is 77.5 Å². The zero-order valence-electron chi connectivity index (χ0n) is 18.9. The van der Waals surface area contributed by atoms with Crippen molar-refractivity contribution in [3.63, 3.8) is 0 Å². The zero-order chi connectivity index (χ0) is 23.7. The lowest BCUT2D eigenvalue weighted by molar-refractivity contribution is 0.0600. The predicted octanol–water partition coefficient (Wildman–Crippen LogP) is 5.96. The van der Waals surface area contributed by atoms with Crippen LogP contribution in [0.15, 0.2) is 54.7 Å². The number of esters is 1. The lowest BCUT2D eigenvalue weighted by Gasteiger charge is -2.34. The van der Waals surface area contributed by atoms with Gasteiger partial charge in [0.2, 0.25) is 0 Å². The van der Waals surface area contributed by atoms with Gasteiger partial charge >= 0.3 is 5.97 Å². The first-order chi connectivity index (χ1) is 15.8. The number of nitrogens with zero attached hydrogens (tertiary/aromatic N) is 1. The van der Waals surface area contributed by atoms with Crippen LogP contribution in [0.5, 0.6) is 5.75 Å². The monoisotopic (exact) mass is 464 g/mol. The van der Waals surface area contributed by atoms with E-state index in [0.717, 1.165) is 22.4 Å². The van der Waals surface area contributed by atoms with Crippen molar-refractivity contribution in [2.24, 2.45) is 5.92 Å². The molecule has 3 aromatic rings. The normalized spacial score (nSPS) is 18.2. The molecule has 1 aliphatic heterocycles. The van der Waals surface area contributed by atoms with E-state index in [0.29, 0.717) is 22.0 Å². The summed E-state index contributed by atoms with van der Waals surface area (Å²) in [5.41, 5.74) is 4.38. The highest BCUT2D eigenvalue weighted by molar-refractivity contribution is 6.29. The Morgan fingerprint density at radius 1 is 1.21 bits per heavy atom. The fourth-order valence-electron chi connectivity index (χ4n) is 4.16. The zero-order valence-corrected chi connectivity index (χ0v) is 19.6. The maximum absolute atomic E-state index is 13.4. The number of carbonyl (C=O) groups is 2. The summed E-state index contributed by atoms with van der Waals surface area (Å²) in [6.45, 7) is 5.82. The van der Waals surface area contributed by atoms with Gasteiger partial charge in [-0.05, 0) is 55.3 Å². The lowest BCUT2D eigenvalue weighted by atomic mass is 9.84. The Hall–Kier alpha value is -3.38. The molecule has 0 saturated carbocycles. The first kappa shape index (κ1) is 22.8. The summed E-state index contributed by atoms with van der Waals surface area (Å²) in [5.74, 6) is -0.282. The summed E-state index contributed by atoms with van der Waals surface area (Å²) in [6.07, 6.45) is 1.14. The van der Waals surface area contributed by atoms with Crippen LogP contribution in [0.1, 0.15) is 63.4 Å². The first-order valence-corrected chi connectivity index (χ1v) is 11.1. The number of Topliss-reactive ketones (excluding diaryl/α,β-unsaturated/α-hetero) is 1. The number of carbonyl (C=O) groups excluding carboxylic acids is 2. The van der Waals surface area contributed by atoms with Crippen molar-refractivity contribution >= 4 is 29.0 Å². The Bertz CT molecular complexity index is 1210. The van der Waals surface area contributed by atoms with Gasteiger partial charge in [0.1, 0.15) is 17.0 Å². The third-order valence-corrected chi connectivity index (χ3v) is 6.08. The van der Waals surface area contributed by atoms with E-state index in [4.69, 9.17) is 21.1 Å². The molecule has 6 nitrogen and oxygen atoms in total. The standard InChI is InChI=1S/C26H25ClN2O4/c1-14-10-20(16(3)29-19-8-9-22(27)28-13-19)25-21(11-14)23(30)15(2)24(33-25)17-6-5-7-18(12-17)26(31)32-4/h5-13,15-16,24,29H,1-4H3/t15?,16-,24?/m1/s1. The molecule has 0 saturated heterocycles. The van der Waals surface area contributed by atoms with E-state index in [1.54, 1.807) is 30.5 Å². The summed E-state index contributed by atoms with van der Waals surface area (Å²) < 4.78 is 11.3. The van der Waals surface area contributed by atoms with Crippen LogP contribution in [-0.4, -0.2) is 23.8 Å². The minimum Gasteiger partial charge on any atom is -0.484 e. The molecule has 1 aliphatic rings. The number of rotatable bonds is 5. The number of fused-ring (bicyclic) bond motifs is 1. The molecule has 2 unspecified atom stereocenters. The van der Waals surface area contributed by atoms with Crippen LogP contribution in [0.25, 0.3) is 0 Å². The number of ketones is 1. The van der Waals surface area contributed by atoms with Crippen LogP contribution in [0.3, 0.4) is 0 Å². The molecular weight excluding hydrogens is 440 g/mol. The highest BCUT2D eigenvalue weighted by atomic mass is 35.5. The summed E-state index contributed by atoms with van der Waals surface area (Å²) in [5, 5.41) is 3.82. The van der Waals surface area contributed by atoms with Gasteiger partial charge < -0.3 is 14.8 Å². The van der Waals surface area contributed by atoms with Crippen molar-refractivity contribution in [1.82, 2.24) is 4.98 Å². The highest BCUT2D eigenvalue weighted by Gasteiger charge is 2.37. The molecular formula is C26H25ClN2O4. The van der Waals surface area contributed by atoms with E-state index in [1.807, 2.05) is 45.0 Å². The Balaban J connectivity index is 1.72. The molecule has 170 valence electrons. The molecule has 1 aromatic heterocycles. The smallest absolute Gasteiger partial charge is 0.337 e. The average molecular weight is 465 g/mol. The molecule has 7 heteroatoms. The van der Waals surface area contributed by atoms with Gasteiger partial charge in [-0.3, -0.25) is 4.79 Å². The maximum Gasteiger partial charge on any atom is 0.337 e. The molecule has 4 rings (SSSR count). The molecule has 0 amide bonds.